The zero-order valence-corrected chi connectivity index (χ0v) is 16.2. The van der Waals surface area contributed by atoms with Gasteiger partial charge in [0.2, 0.25) is 5.91 Å². The van der Waals surface area contributed by atoms with Gasteiger partial charge in [-0.25, -0.2) is 4.98 Å². The zero-order chi connectivity index (χ0) is 19.0. The second-order valence-corrected chi connectivity index (χ2v) is 7.38. The summed E-state index contributed by atoms with van der Waals surface area (Å²) in [5.74, 6) is 0.616. The van der Waals surface area contributed by atoms with Crippen molar-refractivity contribution < 1.29 is 4.79 Å². The number of carbonyl (C=O) groups is 1. The molecule has 1 N–H and O–H groups in total. The maximum absolute atomic E-state index is 12.5. The third-order valence-corrected chi connectivity index (χ3v) is 5.52. The number of amides is 1. The van der Waals surface area contributed by atoms with Crippen LogP contribution in [0.25, 0.3) is 20.8 Å². The average molecular weight is 380 g/mol. The van der Waals surface area contributed by atoms with Crippen molar-refractivity contribution in [3.05, 3.63) is 47.9 Å². The van der Waals surface area contributed by atoms with Crippen LogP contribution in [0.2, 0.25) is 0 Å². The van der Waals surface area contributed by atoms with Crippen molar-refractivity contribution >= 4 is 33.3 Å². The number of nitrogens with zero attached hydrogens (tertiary/aromatic N) is 5. The minimum atomic E-state index is -0.133. The lowest BCUT2D eigenvalue weighted by Crippen LogP contribution is -2.21. The highest BCUT2D eigenvalue weighted by Crippen LogP contribution is 2.29. The molecule has 0 aliphatic carbocycles. The van der Waals surface area contributed by atoms with Gasteiger partial charge in [0.25, 0.3) is 0 Å². The van der Waals surface area contributed by atoms with E-state index < -0.39 is 0 Å². The molecule has 1 amide bonds. The molecule has 0 saturated heterocycles. The number of nitrogens with one attached hydrogen (secondary N) is 1. The lowest BCUT2D eigenvalue weighted by molar-refractivity contribution is -0.117. The number of aromatic nitrogens is 5. The van der Waals surface area contributed by atoms with E-state index in [4.69, 9.17) is 0 Å². The molecule has 0 radical (unpaired) electrons. The van der Waals surface area contributed by atoms with Crippen LogP contribution in [0.15, 0.2) is 36.7 Å². The van der Waals surface area contributed by atoms with Gasteiger partial charge in [0.05, 0.1) is 22.1 Å². The molecule has 27 heavy (non-hydrogen) atoms. The Hall–Kier alpha value is -3.00. The van der Waals surface area contributed by atoms with Gasteiger partial charge in [-0.1, -0.05) is 19.1 Å². The van der Waals surface area contributed by atoms with E-state index >= 15 is 0 Å². The number of rotatable bonds is 5. The Morgan fingerprint density at radius 3 is 2.89 bits per heavy atom. The average Bonchev–Trinajstić information content (AvgIpc) is 3.33. The van der Waals surface area contributed by atoms with Gasteiger partial charge in [-0.15, -0.1) is 11.3 Å². The number of aryl methyl sites for hydroxylation is 2. The van der Waals surface area contributed by atoms with Gasteiger partial charge >= 0.3 is 0 Å². The molecule has 138 valence electrons. The zero-order valence-electron chi connectivity index (χ0n) is 15.4. The van der Waals surface area contributed by atoms with E-state index in [1.54, 1.807) is 26.9 Å². The Bertz CT molecular complexity index is 1090. The molecular weight excluding hydrogens is 360 g/mol. The maximum atomic E-state index is 12.5. The fourth-order valence-corrected chi connectivity index (χ4v) is 4.10. The number of fused-ring (bicyclic) bond motifs is 1. The first-order valence-electron chi connectivity index (χ1n) is 8.76. The summed E-state index contributed by atoms with van der Waals surface area (Å²) in [6, 6.07) is 8.02. The summed E-state index contributed by atoms with van der Waals surface area (Å²) in [5, 5.41) is 12.6. The minimum Gasteiger partial charge on any atom is -0.309 e. The van der Waals surface area contributed by atoms with E-state index in [0.717, 1.165) is 44.3 Å². The fraction of sp³-hybridized carbons (Fsp3) is 0.263. The summed E-state index contributed by atoms with van der Waals surface area (Å²) < 4.78 is 4.48. The Balaban J connectivity index is 1.50. The van der Waals surface area contributed by atoms with Gasteiger partial charge in [0.15, 0.2) is 0 Å². The highest BCUT2D eigenvalue weighted by molar-refractivity contribution is 7.21. The molecule has 1 aromatic carbocycles. The summed E-state index contributed by atoms with van der Waals surface area (Å²) >= 11 is 1.62. The van der Waals surface area contributed by atoms with E-state index in [1.165, 1.54) is 0 Å². The number of thiazole rings is 1. The number of hydrogen-bond acceptors (Lipinski definition) is 5. The van der Waals surface area contributed by atoms with E-state index in [1.807, 2.05) is 38.4 Å². The van der Waals surface area contributed by atoms with Crippen LogP contribution in [-0.2, 0) is 24.8 Å². The van der Waals surface area contributed by atoms with Gasteiger partial charge in [-0.2, -0.15) is 10.2 Å². The van der Waals surface area contributed by atoms with Crippen molar-refractivity contribution in [1.82, 2.24) is 24.5 Å². The largest absolute Gasteiger partial charge is 0.309 e. The smallest absolute Gasteiger partial charge is 0.247 e. The molecule has 0 bridgehead atoms. The number of anilines is 1. The molecule has 0 spiro atoms. The predicted octanol–water partition coefficient (Wildman–Crippen LogP) is 3.40. The SMILES string of the molecule is CCc1c(C)nn(C)c1NC(=O)Cn1cc(-c2nc3ccccc3s2)cn1. The molecule has 4 rings (SSSR count). The molecule has 3 heterocycles. The van der Waals surface area contributed by atoms with Crippen molar-refractivity contribution in [3.8, 4) is 10.6 Å². The summed E-state index contributed by atoms with van der Waals surface area (Å²) in [6.07, 6.45) is 4.42. The number of benzene rings is 1. The summed E-state index contributed by atoms with van der Waals surface area (Å²) in [7, 11) is 1.83. The van der Waals surface area contributed by atoms with Crippen LogP contribution in [0.5, 0.6) is 0 Å². The lowest BCUT2D eigenvalue weighted by Gasteiger charge is -2.08. The van der Waals surface area contributed by atoms with Crippen molar-refractivity contribution in [2.45, 2.75) is 26.8 Å². The molecule has 4 aromatic rings. The Morgan fingerprint density at radius 2 is 2.11 bits per heavy atom. The Labute approximate surface area is 160 Å². The number of para-hydroxylation sites is 1. The first-order valence-corrected chi connectivity index (χ1v) is 9.57. The third-order valence-electron chi connectivity index (χ3n) is 4.44. The molecule has 0 atom stereocenters. The monoisotopic (exact) mass is 380 g/mol. The van der Waals surface area contributed by atoms with E-state index in [-0.39, 0.29) is 12.5 Å². The Morgan fingerprint density at radius 1 is 1.30 bits per heavy atom. The summed E-state index contributed by atoms with van der Waals surface area (Å²) in [4.78, 5) is 17.1. The van der Waals surface area contributed by atoms with Crippen molar-refractivity contribution in [2.75, 3.05) is 5.32 Å². The van der Waals surface area contributed by atoms with Crippen LogP contribution in [0, 0.1) is 6.92 Å². The maximum Gasteiger partial charge on any atom is 0.247 e. The van der Waals surface area contributed by atoms with Gasteiger partial charge < -0.3 is 5.32 Å². The molecule has 0 fully saturated rings. The van der Waals surface area contributed by atoms with Gasteiger partial charge in [0, 0.05) is 24.4 Å². The first-order chi connectivity index (χ1) is 13.0. The van der Waals surface area contributed by atoms with Crippen LogP contribution in [0.1, 0.15) is 18.2 Å². The molecule has 0 aliphatic rings. The molecule has 0 aliphatic heterocycles. The highest BCUT2D eigenvalue weighted by Gasteiger charge is 2.15. The summed E-state index contributed by atoms with van der Waals surface area (Å²) in [6.45, 7) is 4.14. The molecule has 3 aromatic heterocycles. The number of hydrogen-bond donors (Lipinski definition) is 1. The normalized spacial score (nSPS) is 11.2. The predicted molar refractivity (Wildman–Crippen MR) is 107 cm³/mol. The number of carbonyl (C=O) groups excluding carboxylic acids is 1. The lowest BCUT2D eigenvalue weighted by atomic mass is 10.2. The summed E-state index contributed by atoms with van der Waals surface area (Å²) in [5.41, 5.74) is 3.88. The molecule has 7 nitrogen and oxygen atoms in total. The van der Waals surface area contributed by atoms with Gasteiger partial charge in [0.1, 0.15) is 17.4 Å². The van der Waals surface area contributed by atoms with E-state index in [9.17, 15) is 4.79 Å². The van der Waals surface area contributed by atoms with Crippen molar-refractivity contribution in [3.63, 3.8) is 0 Å². The van der Waals surface area contributed by atoms with Crippen molar-refractivity contribution in [1.29, 1.82) is 0 Å². The first kappa shape index (κ1) is 17.4. The molecule has 8 heteroatoms. The standard InChI is InChI=1S/C19H20N6OS/c1-4-14-12(2)23-24(3)18(14)22-17(26)11-25-10-13(9-20-25)19-21-15-7-5-6-8-16(15)27-19/h5-10H,4,11H2,1-3H3,(H,22,26). The van der Waals surface area contributed by atoms with Crippen LogP contribution in [0.3, 0.4) is 0 Å². The quantitative estimate of drug-likeness (QED) is 0.576. The van der Waals surface area contributed by atoms with E-state index in [0.29, 0.717) is 0 Å². The molecule has 0 unspecified atom stereocenters. The Kier molecular flexibility index (Phi) is 4.49. The minimum absolute atomic E-state index is 0.133. The molecular formula is C19H20N6OS. The molecule has 0 saturated carbocycles. The van der Waals surface area contributed by atoms with Crippen LogP contribution >= 0.6 is 11.3 Å². The third kappa shape index (κ3) is 3.35. The van der Waals surface area contributed by atoms with Gasteiger partial charge in [-0.05, 0) is 25.5 Å². The second-order valence-electron chi connectivity index (χ2n) is 6.35. The highest BCUT2D eigenvalue weighted by atomic mass is 32.1. The van der Waals surface area contributed by atoms with Crippen LogP contribution in [0.4, 0.5) is 5.82 Å². The van der Waals surface area contributed by atoms with Crippen LogP contribution in [-0.4, -0.2) is 30.5 Å². The van der Waals surface area contributed by atoms with Crippen molar-refractivity contribution in [2.24, 2.45) is 7.05 Å². The fourth-order valence-electron chi connectivity index (χ4n) is 3.16. The topological polar surface area (TPSA) is 77.6 Å². The van der Waals surface area contributed by atoms with Crippen LogP contribution < -0.4 is 5.32 Å². The second kappa shape index (κ2) is 6.96. The van der Waals surface area contributed by atoms with Gasteiger partial charge in [-0.3, -0.25) is 14.2 Å². The van der Waals surface area contributed by atoms with E-state index in [2.05, 4.69) is 33.5 Å².